The zero-order valence-electron chi connectivity index (χ0n) is 15.2. The first-order valence-corrected chi connectivity index (χ1v) is 8.54. The van der Waals surface area contributed by atoms with Gasteiger partial charge in [-0.25, -0.2) is 5.43 Å². The van der Waals surface area contributed by atoms with Crippen molar-refractivity contribution < 1.29 is 9.90 Å². The molecular formula is C21H23N3O2. The average molecular weight is 349 g/mol. The molecule has 1 amide bonds. The second-order valence-electron chi connectivity index (χ2n) is 6.98. The van der Waals surface area contributed by atoms with Crippen molar-refractivity contribution in [3.63, 3.8) is 0 Å². The van der Waals surface area contributed by atoms with Crippen molar-refractivity contribution in [2.45, 2.75) is 32.9 Å². The van der Waals surface area contributed by atoms with E-state index in [2.05, 4.69) is 52.3 Å². The van der Waals surface area contributed by atoms with Gasteiger partial charge in [0.15, 0.2) is 0 Å². The van der Waals surface area contributed by atoms with E-state index in [4.69, 9.17) is 0 Å². The standard InChI is InChI=1S/C21H23N3O2/c1-15-7-6-8-16(11-15)13-24-14-17(18-9-4-5-10-19(18)24)12-22-23-20(25)21(2,3)26/h4-12,14,26H,13H2,1-3H3,(H,23,25). The number of hydrazone groups is 1. The number of fused-ring (bicyclic) bond motifs is 1. The van der Waals surface area contributed by atoms with Crippen LogP contribution in [0.2, 0.25) is 0 Å². The molecule has 1 aromatic heterocycles. The zero-order chi connectivity index (χ0) is 18.7. The second-order valence-corrected chi connectivity index (χ2v) is 6.98. The SMILES string of the molecule is Cc1cccc(Cn2cc(C=NNC(=O)C(C)(C)O)c3ccccc32)c1. The van der Waals surface area contributed by atoms with Gasteiger partial charge in [0.05, 0.1) is 6.21 Å². The normalized spacial score (nSPS) is 12.0. The van der Waals surface area contributed by atoms with Crippen LogP contribution in [-0.4, -0.2) is 27.4 Å². The molecule has 0 unspecified atom stereocenters. The fourth-order valence-corrected chi connectivity index (χ4v) is 2.81. The molecule has 0 saturated carbocycles. The molecule has 0 spiro atoms. The van der Waals surface area contributed by atoms with Gasteiger partial charge in [0, 0.05) is 29.2 Å². The highest BCUT2D eigenvalue weighted by Gasteiger charge is 2.23. The van der Waals surface area contributed by atoms with E-state index in [1.54, 1.807) is 6.21 Å². The highest BCUT2D eigenvalue weighted by molar-refractivity contribution is 5.99. The molecule has 0 atom stereocenters. The van der Waals surface area contributed by atoms with Gasteiger partial charge in [-0.15, -0.1) is 0 Å². The number of aliphatic hydroxyl groups is 1. The lowest BCUT2D eigenvalue weighted by molar-refractivity contribution is -0.136. The first-order valence-electron chi connectivity index (χ1n) is 8.54. The summed E-state index contributed by atoms with van der Waals surface area (Å²) in [5.74, 6) is -0.544. The van der Waals surface area contributed by atoms with Crippen LogP contribution in [0.5, 0.6) is 0 Å². The van der Waals surface area contributed by atoms with Crippen molar-refractivity contribution in [2.75, 3.05) is 0 Å². The van der Waals surface area contributed by atoms with Gasteiger partial charge in [0.1, 0.15) is 5.60 Å². The number of aryl methyl sites for hydroxylation is 1. The molecule has 0 aliphatic carbocycles. The number of rotatable bonds is 5. The summed E-state index contributed by atoms with van der Waals surface area (Å²) >= 11 is 0. The Morgan fingerprint density at radius 2 is 2.00 bits per heavy atom. The number of para-hydroxylation sites is 1. The van der Waals surface area contributed by atoms with Crippen molar-refractivity contribution in [2.24, 2.45) is 5.10 Å². The first kappa shape index (κ1) is 17.9. The molecule has 0 fully saturated rings. The zero-order valence-corrected chi connectivity index (χ0v) is 15.2. The van der Waals surface area contributed by atoms with E-state index in [-0.39, 0.29) is 0 Å². The van der Waals surface area contributed by atoms with E-state index in [0.717, 1.165) is 23.0 Å². The van der Waals surface area contributed by atoms with Crippen LogP contribution >= 0.6 is 0 Å². The lowest BCUT2D eigenvalue weighted by Crippen LogP contribution is -2.39. The van der Waals surface area contributed by atoms with Crippen LogP contribution in [0.25, 0.3) is 10.9 Å². The third kappa shape index (κ3) is 4.00. The Balaban J connectivity index is 1.89. The van der Waals surface area contributed by atoms with Gasteiger partial charge < -0.3 is 9.67 Å². The monoisotopic (exact) mass is 349 g/mol. The van der Waals surface area contributed by atoms with Crippen LogP contribution in [0.4, 0.5) is 0 Å². The highest BCUT2D eigenvalue weighted by Crippen LogP contribution is 2.21. The van der Waals surface area contributed by atoms with E-state index < -0.39 is 11.5 Å². The number of hydrogen-bond acceptors (Lipinski definition) is 3. The predicted octanol–water partition coefficient (Wildman–Crippen LogP) is 3.22. The smallest absolute Gasteiger partial charge is 0.271 e. The van der Waals surface area contributed by atoms with Gasteiger partial charge in [-0.3, -0.25) is 4.79 Å². The molecule has 0 saturated heterocycles. The number of carbonyl (C=O) groups excluding carboxylic acids is 1. The van der Waals surface area contributed by atoms with Crippen LogP contribution in [0.15, 0.2) is 59.8 Å². The van der Waals surface area contributed by atoms with Crippen LogP contribution in [0.3, 0.4) is 0 Å². The van der Waals surface area contributed by atoms with Gasteiger partial charge in [-0.05, 0) is 32.4 Å². The van der Waals surface area contributed by atoms with E-state index in [1.165, 1.54) is 25.0 Å². The molecule has 0 radical (unpaired) electrons. The number of nitrogens with one attached hydrogen (secondary N) is 1. The first-order chi connectivity index (χ1) is 12.3. The summed E-state index contributed by atoms with van der Waals surface area (Å²) < 4.78 is 2.17. The van der Waals surface area contributed by atoms with Gasteiger partial charge in [-0.2, -0.15) is 5.10 Å². The maximum absolute atomic E-state index is 11.7. The molecule has 0 aliphatic rings. The number of benzene rings is 2. The Bertz CT molecular complexity index is 965. The van der Waals surface area contributed by atoms with E-state index >= 15 is 0 Å². The Kier molecular flexibility index (Phi) is 4.91. The van der Waals surface area contributed by atoms with Gasteiger partial charge in [0.25, 0.3) is 5.91 Å². The molecule has 0 bridgehead atoms. The molecule has 134 valence electrons. The molecular weight excluding hydrogens is 326 g/mol. The molecule has 0 aliphatic heterocycles. The van der Waals surface area contributed by atoms with Crippen LogP contribution in [0.1, 0.15) is 30.5 Å². The largest absolute Gasteiger partial charge is 0.381 e. The Morgan fingerprint density at radius 1 is 1.23 bits per heavy atom. The lowest BCUT2D eigenvalue weighted by Gasteiger charge is -2.13. The predicted molar refractivity (Wildman–Crippen MR) is 104 cm³/mol. The number of carbonyl (C=O) groups is 1. The third-order valence-electron chi connectivity index (χ3n) is 4.18. The highest BCUT2D eigenvalue weighted by atomic mass is 16.3. The fourth-order valence-electron chi connectivity index (χ4n) is 2.81. The fraction of sp³-hybridized carbons (Fsp3) is 0.238. The summed E-state index contributed by atoms with van der Waals surface area (Å²) in [4.78, 5) is 11.7. The van der Waals surface area contributed by atoms with Crippen molar-refractivity contribution in [3.05, 3.63) is 71.4 Å². The van der Waals surface area contributed by atoms with Crippen LogP contribution in [-0.2, 0) is 11.3 Å². The topological polar surface area (TPSA) is 66.6 Å². The van der Waals surface area contributed by atoms with Crippen LogP contribution < -0.4 is 5.43 Å². The molecule has 1 heterocycles. The minimum absolute atomic E-state index is 0.544. The molecule has 3 aromatic rings. The van der Waals surface area contributed by atoms with Crippen molar-refractivity contribution >= 4 is 23.0 Å². The number of hydrogen-bond donors (Lipinski definition) is 2. The average Bonchev–Trinajstić information content (AvgIpc) is 2.92. The number of nitrogens with zero attached hydrogens (tertiary/aromatic N) is 2. The van der Waals surface area contributed by atoms with Gasteiger partial charge in [0.2, 0.25) is 0 Å². The van der Waals surface area contributed by atoms with Gasteiger partial charge >= 0.3 is 0 Å². The van der Waals surface area contributed by atoms with E-state index in [1.807, 2.05) is 24.4 Å². The summed E-state index contributed by atoms with van der Waals surface area (Å²) in [6.45, 7) is 5.68. The lowest BCUT2D eigenvalue weighted by atomic mass is 10.1. The Labute approximate surface area is 153 Å². The van der Waals surface area contributed by atoms with E-state index in [9.17, 15) is 9.90 Å². The van der Waals surface area contributed by atoms with Gasteiger partial charge in [-0.1, -0.05) is 48.0 Å². The Hall–Kier alpha value is -2.92. The van der Waals surface area contributed by atoms with Crippen molar-refractivity contribution in [3.8, 4) is 0 Å². The molecule has 26 heavy (non-hydrogen) atoms. The quantitative estimate of drug-likeness (QED) is 0.549. The third-order valence-corrected chi connectivity index (χ3v) is 4.18. The second kappa shape index (κ2) is 7.14. The summed E-state index contributed by atoms with van der Waals surface area (Å²) in [7, 11) is 0. The van der Waals surface area contributed by atoms with Crippen molar-refractivity contribution in [1.82, 2.24) is 9.99 Å². The van der Waals surface area contributed by atoms with E-state index in [0.29, 0.717) is 0 Å². The molecule has 5 heteroatoms. The number of aromatic nitrogens is 1. The van der Waals surface area contributed by atoms with Crippen LogP contribution in [0, 0.1) is 6.92 Å². The summed E-state index contributed by atoms with van der Waals surface area (Å²) in [5.41, 5.74) is 5.38. The molecule has 3 rings (SSSR count). The molecule has 5 nitrogen and oxygen atoms in total. The molecule has 2 N–H and O–H groups in total. The summed E-state index contributed by atoms with van der Waals surface area (Å²) in [5, 5.41) is 14.7. The maximum Gasteiger partial charge on any atom is 0.271 e. The minimum atomic E-state index is -1.46. The summed E-state index contributed by atoms with van der Waals surface area (Å²) in [6.07, 6.45) is 3.63. The number of amides is 1. The summed E-state index contributed by atoms with van der Waals surface area (Å²) in [6, 6.07) is 16.5. The molecule has 2 aromatic carbocycles. The maximum atomic E-state index is 11.7. The van der Waals surface area contributed by atoms with Crippen molar-refractivity contribution in [1.29, 1.82) is 0 Å². The Morgan fingerprint density at radius 3 is 2.73 bits per heavy atom. The minimum Gasteiger partial charge on any atom is -0.381 e.